The molecule has 13 heavy (non-hydrogen) atoms. The second-order valence-electron chi connectivity index (χ2n) is 2.34. The maximum atomic E-state index is 5.43. The van der Waals surface area contributed by atoms with Gasteiger partial charge in [-0.3, -0.25) is 0 Å². The van der Waals surface area contributed by atoms with Crippen molar-refractivity contribution < 1.29 is 9.47 Å². The van der Waals surface area contributed by atoms with Crippen LogP contribution >= 0.6 is 12.2 Å². The summed E-state index contributed by atoms with van der Waals surface area (Å²) in [5.74, 6) is 1.12. The molecular weight excluding hydrogens is 186 g/mol. The molecule has 4 heteroatoms. The topological polar surface area (TPSA) is 44.5 Å². The lowest BCUT2D eigenvalue weighted by Gasteiger charge is -2.07. The van der Waals surface area contributed by atoms with E-state index in [2.05, 4.69) is 6.07 Å². The van der Waals surface area contributed by atoms with E-state index in [0.29, 0.717) is 22.1 Å². The summed E-state index contributed by atoms with van der Waals surface area (Å²) in [6, 6.07) is 6.38. The maximum absolute atomic E-state index is 5.43. The van der Waals surface area contributed by atoms with Gasteiger partial charge in [-0.25, -0.2) is 0 Å². The van der Waals surface area contributed by atoms with Crippen LogP contribution < -0.4 is 15.2 Å². The van der Waals surface area contributed by atoms with Crippen molar-refractivity contribution in [3.05, 3.63) is 23.8 Å². The van der Waals surface area contributed by atoms with Crippen molar-refractivity contribution in [3.63, 3.8) is 0 Å². The van der Waals surface area contributed by atoms with Crippen molar-refractivity contribution in [2.24, 2.45) is 5.73 Å². The van der Waals surface area contributed by atoms with Crippen molar-refractivity contribution in [3.8, 4) is 11.5 Å². The highest BCUT2D eigenvalue weighted by Crippen LogP contribution is 2.26. The Hall–Kier alpha value is -1.29. The molecule has 0 heterocycles. The van der Waals surface area contributed by atoms with Crippen LogP contribution in [-0.4, -0.2) is 19.2 Å². The molecule has 0 aliphatic rings. The zero-order valence-corrected chi connectivity index (χ0v) is 8.27. The van der Waals surface area contributed by atoms with Gasteiger partial charge in [-0.05, 0) is 12.1 Å². The predicted molar refractivity (Wildman–Crippen MR) is 54.3 cm³/mol. The van der Waals surface area contributed by atoms with Gasteiger partial charge in [-0.1, -0.05) is 12.2 Å². The standard InChI is InChI=1S/C9H10NO2S/c1-11-7-4-3-6(9(10)13)5-8(7)12-2/h3-4H,1-2H3,(H2,10,13). The van der Waals surface area contributed by atoms with Gasteiger partial charge in [-0.2, -0.15) is 0 Å². The van der Waals surface area contributed by atoms with Crippen LogP contribution in [-0.2, 0) is 0 Å². The number of methoxy groups -OCH3 is 2. The molecule has 0 saturated carbocycles. The minimum Gasteiger partial charge on any atom is -0.493 e. The van der Waals surface area contributed by atoms with Crippen molar-refractivity contribution in [1.29, 1.82) is 0 Å². The number of rotatable bonds is 3. The SMILES string of the molecule is COc1[c]c(C(N)=S)ccc1OC. The molecule has 1 radical (unpaired) electrons. The molecule has 1 aromatic rings. The van der Waals surface area contributed by atoms with Crippen molar-refractivity contribution in [2.75, 3.05) is 14.2 Å². The summed E-state index contributed by atoms with van der Waals surface area (Å²) in [5.41, 5.74) is 6.08. The lowest BCUT2D eigenvalue weighted by molar-refractivity contribution is 0.354. The number of ether oxygens (including phenoxy) is 2. The van der Waals surface area contributed by atoms with Crippen LogP contribution in [0.4, 0.5) is 0 Å². The van der Waals surface area contributed by atoms with E-state index in [-0.39, 0.29) is 0 Å². The lowest BCUT2D eigenvalue weighted by Crippen LogP contribution is -2.09. The zero-order valence-electron chi connectivity index (χ0n) is 7.46. The molecule has 0 aliphatic carbocycles. The summed E-state index contributed by atoms with van der Waals surface area (Å²) >= 11 is 4.80. The first kappa shape index (κ1) is 9.80. The fraction of sp³-hybridized carbons (Fsp3) is 0.222. The molecule has 1 rings (SSSR count). The molecule has 0 bridgehead atoms. The van der Waals surface area contributed by atoms with Gasteiger partial charge in [-0.15, -0.1) is 0 Å². The van der Waals surface area contributed by atoms with Gasteiger partial charge in [0.05, 0.1) is 14.2 Å². The molecule has 0 unspecified atom stereocenters. The molecule has 0 atom stereocenters. The molecule has 0 aliphatic heterocycles. The fourth-order valence-corrected chi connectivity index (χ4v) is 1.04. The summed E-state index contributed by atoms with van der Waals surface area (Å²) in [5, 5.41) is 0. The van der Waals surface area contributed by atoms with Crippen molar-refractivity contribution in [2.45, 2.75) is 0 Å². The Balaban J connectivity index is 3.13. The van der Waals surface area contributed by atoms with E-state index in [1.807, 2.05) is 0 Å². The summed E-state index contributed by atoms with van der Waals surface area (Å²) in [4.78, 5) is 0.293. The van der Waals surface area contributed by atoms with E-state index >= 15 is 0 Å². The Labute approximate surface area is 82.5 Å². The van der Waals surface area contributed by atoms with E-state index in [1.165, 1.54) is 7.11 Å². The predicted octanol–water partition coefficient (Wildman–Crippen LogP) is 1.14. The minimum absolute atomic E-state index is 0.293. The molecule has 0 amide bonds. The lowest BCUT2D eigenvalue weighted by atomic mass is 10.2. The average Bonchev–Trinajstić information content (AvgIpc) is 2.16. The Morgan fingerprint density at radius 3 is 2.54 bits per heavy atom. The highest BCUT2D eigenvalue weighted by atomic mass is 32.1. The summed E-state index contributed by atoms with van der Waals surface area (Å²) in [7, 11) is 3.10. The number of hydrogen-bond acceptors (Lipinski definition) is 3. The quantitative estimate of drug-likeness (QED) is 0.736. The monoisotopic (exact) mass is 196 g/mol. The van der Waals surface area contributed by atoms with Gasteiger partial charge in [0, 0.05) is 11.6 Å². The van der Waals surface area contributed by atoms with Crippen molar-refractivity contribution >= 4 is 17.2 Å². The summed E-state index contributed by atoms with van der Waals surface area (Å²) < 4.78 is 10.1. The third-order valence-corrected chi connectivity index (χ3v) is 1.78. The van der Waals surface area contributed by atoms with Crippen LogP contribution in [0.1, 0.15) is 5.56 Å². The van der Waals surface area contributed by atoms with Crippen LogP contribution in [0.25, 0.3) is 0 Å². The third kappa shape index (κ3) is 2.09. The molecule has 3 nitrogen and oxygen atoms in total. The van der Waals surface area contributed by atoms with E-state index < -0.39 is 0 Å². The van der Waals surface area contributed by atoms with Crippen LogP contribution in [0.5, 0.6) is 11.5 Å². The fourth-order valence-electron chi connectivity index (χ4n) is 0.916. The Morgan fingerprint density at radius 2 is 2.08 bits per heavy atom. The maximum Gasteiger partial charge on any atom is 0.169 e. The highest BCUT2D eigenvalue weighted by Gasteiger charge is 2.05. The molecule has 0 spiro atoms. The Bertz CT molecular complexity index is 325. The first-order valence-corrected chi connectivity index (χ1v) is 4.04. The molecule has 69 valence electrons. The number of hydrogen-bond donors (Lipinski definition) is 1. The molecule has 0 aromatic heterocycles. The molecular formula is C9H10NO2S. The van der Waals surface area contributed by atoms with Crippen LogP contribution in [0.15, 0.2) is 12.1 Å². The number of nitrogens with two attached hydrogens (primary N) is 1. The van der Waals surface area contributed by atoms with E-state index in [4.69, 9.17) is 27.4 Å². The van der Waals surface area contributed by atoms with Crippen LogP contribution in [0, 0.1) is 6.07 Å². The number of benzene rings is 1. The molecule has 0 saturated heterocycles. The smallest absolute Gasteiger partial charge is 0.169 e. The minimum atomic E-state index is 0.293. The molecule has 1 aromatic carbocycles. The van der Waals surface area contributed by atoms with Gasteiger partial charge < -0.3 is 15.2 Å². The van der Waals surface area contributed by atoms with Gasteiger partial charge in [0.15, 0.2) is 11.5 Å². The van der Waals surface area contributed by atoms with Crippen LogP contribution in [0.3, 0.4) is 0 Å². The second-order valence-corrected chi connectivity index (χ2v) is 2.78. The first-order valence-electron chi connectivity index (χ1n) is 3.63. The molecule has 2 N–H and O–H groups in total. The van der Waals surface area contributed by atoms with E-state index in [9.17, 15) is 0 Å². The van der Waals surface area contributed by atoms with Gasteiger partial charge in [0.1, 0.15) is 4.99 Å². The zero-order chi connectivity index (χ0) is 9.84. The average molecular weight is 196 g/mol. The largest absolute Gasteiger partial charge is 0.493 e. The first-order chi connectivity index (χ1) is 6.19. The highest BCUT2D eigenvalue weighted by molar-refractivity contribution is 7.80. The van der Waals surface area contributed by atoms with Gasteiger partial charge in [0.2, 0.25) is 0 Å². The van der Waals surface area contributed by atoms with Crippen molar-refractivity contribution in [1.82, 2.24) is 0 Å². The molecule has 0 fully saturated rings. The van der Waals surface area contributed by atoms with Gasteiger partial charge >= 0.3 is 0 Å². The second kappa shape index (κ2) is 4.09. The summed E-state index contributed by atoms with van der Waals surface area (Å²) in [6.45, 7) is 0. The van der Waals surface area contributed by atoms with Crippen LogP contribution in [0.2, 0.25) is 0 Å². The normalized spacial score (nSPS) is 9.38. The Morgan fingerprint density at radius 1 is 1.38 bits per heavy atom. The third-order valence-electron chi connectivity index (χ3n) is 1.56. The van der Waals surface area contributed by atoms with E-state index in [1.54, 1.807) is 19.2 Å². The number of thiocarbonyl (C=S) groups is 1. The Kier molecular flexibility index (Phi) is 3.08. The van der Waals surface area contributed by atoms with E-state index in [0.717, 1.165) is 0 Å². The summed E-state index contributed by atoms with van der Waals surface area (Å²) in [6.07, 6.45) is 0. The van der Waals surface area contributed by atoms with Gasteiger partial charge in [0.25, 0.3) is 0 Å².